The zero-order valence-electron chi connectivity index (χ0n) is 14.1. The van der Waals surface area contributed by atoms with Gasteiger partial charge in [-0.25, -0.2) is 9.37 Å². The number of aromatic nitrogens is 2. The first kappa shape index (κ1) is 16.3. The Balaban J connectivity index is 1.78. The fraction of sp³-hybridized carbons (Fsp3) is 0.200. The molecule has 2 atom stereocenters. The lowest BCUT2D eigenvalue weighted by atomic mass is 9.86. The number of benzene rings is 2. The molecule has 0 saturated carbocycles. The third-order valence-corrected chi connectivity index (χ3v) is 4.97. The van der Waals surface area contributed by atoms with Crippen LogP contribution in [0.2, 0.25) is 0 Å². The molecule has 0 aliphatic carbocycles. The minimum absolute atomic E-state index is 0.264. The van der Waals surface area contributed by atoms with Gasteiger partial charge in [0.25, 0.3) is 0 Å². The van der Waals surface area contributed by atoms with Crippen LogP contribution in [0.5, 0.6) is 5.75 Å². The van der Waals surface area contributed by atoms with E-state index in [4.69, 9.17) is 10.00 Å². The Bertz CT molecular complexity index is 1010. The third kappa shape index (κ3) is 2.37. The van der Waals surface area contributed by atoms with E-state index in [1.54, 1.807) is 60.6 Å². The quantitative estimate of drug-likeness (QED) is 0.789. The highest BCUT2D eigenvalue weighted by molar-refractivity contribution is 5.42. The second-order valence-electron chi connectivity index (χ2n) is 6.34. The van der Waals surface area contributed by atoms with Crippen molar-refractivity contribution < 1.29 is 14.2 Å². The third-order valence-electron chi connectivity index (χ3n) is 4.97. The largest absolute Gasteiger partial charge is 0.497 e. The number of methoxy groups -OCH3 is 1. The number of aliphatic hydroxyl groups is 1. The van der Waals surface area contributed by atoms with Crippen LogP contribution in [0.3, 0.4) is 0 Å². The van der Waals surface area contributed by atoms with Crippen LogP contribution >= 0.6 is 0 Å². The Morgan fingerprint density at radius 1 is 1.31 bits per heavy atom. The van der Waals surface area contributed by atoms with E-state index in [1.807, 2.05) is 6.07 Å². The summed E-state index contributed by atoms with van der Waals surface area (Å²) in [6.07, 6.45) is 3.48. The summed E-state index contributed by atoms with van der Waals surface area (Å²) < 4.78 is 21.5. The molecule has 1 aromatic heterocycles. The molecule has 26 heavy (non-hydrogen) atoms. The molecule has 0 spiro atoms. The highest BCUT2D eigenvalue weighted by Gasteiger charge is 2.45. The molecule has 0 fully saturated rings. The number of imidazole rings is 1. The molecule has 2 heterocycles. The molecule has 0 amide bonds. The first-order chi connectivity index (χ1) is 12.6. The van der Waals surface area contributed by atoms with E-state index in [0.29, 0.717) is 22.6 Å². The fourth-order valence-corrected chi connectivity index (χ4v) is 3.62. The van der Waals surface area contributed by atoms with Crippen LogP contribution in [0.4, 0.5) is 4.39 Å². The topological polar surface area (TPSA) is 71.1 Å². The SMILES string of the molecule is COc1ccc([C@@]2(O)C[C@H](c3ccc(C#N)cc3F)n3cncc32)cc1. The zero-order chi connectivity index (χ0) is 18.3. The molecule has 130 valence electrons. The number of hydrogen-bond acceptors (Lipinski definition) is 4. The second-order valence-corrected chi connectivity index (χ2v) is 6.34. The van der Waals surface area contributed by atoms with Gasteiger partial charge in [0.15, 0.2) is 0 Å². The maximum atomic E-state index is 14.6. The summed E-state index contributed by atoms with van der Waals surface area (Å²) in [6.45, 7) is 0. The van der Waals surface area contributed by atoms with E-state index in [-0.39, 0.29) is 12.0 Å². The Hall–Kier alpha value is -3.17. The molecule has 2 aromatic carbocycles. The number of fused-ring (bicyclic) bond motifs is 1. The highest BCUT2D eigenvalue weighted by Crippen LogP contribution is 2.47. The monoisotopic (exact) mass is 349 g/mol. The normalized spacial score (nSPS) is 21.2. The smallest absolute Gasteiger partial charge is 0.133 e. The molecule has 0 radical (unpaired) electrons. The fourth-order valence-electron chi connectivity index (χ4n) is 3.62. The average molecular weight is 349 g/mol. The summed E-state index contributed by atoms with van der Waals surface area (Å²) in [7, 11) is 1.58. The predicted octanol–water partition coefficient (Wildman–Crippen LogP) is 3.13. The molecule has 0 saturated heterocycles. The van der Waals surface area contributed by atoms with E-state index in [1.165, 1.54) is 6.07 Å². The number of ether oxygens (including phenoxy) is 1. The molecule has 1 aliphatic rings. The van der Waals surface area contributed by atoms with Gasteiger partial charge in [-0.2, -0.15) is 5.26 Å². The lowest BCUT2D eigenvalue weighted by Gasteiger charge is -2.23. The minimum Gasteiger partial charge on any atom is -0.497 e. The molecular weight excluding hydrogens is 333 g/mol. The van der Waals surface area contributed by atoms with Gasteiger partial charge < -0.3 is 14.4 Å². The summed E-state index contributed by atoms with van der Waals surface area (Å²) in [5.41, 5.74) is 0.703. The summed E-state index contributed by atoms with van der Waals surface area (Å²) in [4.78, 5) is 4.14. The maximum absolute atomic E-state index is 14.6. The summed E-state index contributed by atoms with van der Waals surface area (Å²) >= 11 is 0. The van der Waals surface area contributed by atoms with Crippen LogP contribution in [0.25, 0.3) is 0 Å². The van der Waals surface area contributed by atoms with E-state index in [0.717, 1.165) is 0 Å². The van der Waals surface area contributed by atoms with Crippen molar-refractivity contribution in [1.82, 2.24) is 9.55 Å². The highest BCUT2D eigenvalue weighted by atomic mass is 19.1. The van der Waals surface area contributed by atoms with Gasteiger partial charge in [0.2, 0.25) is 0 Å². The van der Waals surface area contributed by atoms with Gasteiger partial charge in [0.05, 0.1) is 43.0 Å². The van der Waals surface area contributed by atoms with Crippen molar-refractivity contribution in [1.29, 1.82) is 5.26 Å². The molecule has 0 bridgehead atoms. The van der Waals surface area contributed by atoms with Crippen molar-refractivity contribution in [2.45, 2.75) is 18.1 Å². The lowest BCUT2D eigenvalue weighted by molar-refractivity contribution is 0.0792. The minimum atomic E-state index is -1.28. The standard InChI is InChI=1S/C20H16FN3O2/c1-26-15-5-3-14(4-6-15)20(25)9-18(24-12-23-11-19(20)24)16-7-2-13(10-22)8-17(16)21/h2-8,11-12,18,25H,9H2,1H3/t18-,20+/m1/s1. The molecule has 1 aliphatic heterocycles. The van der Waals surface area contributed by atoms with Crippen molar-refractivity contribution >= 4 is 0 Å². The molecule has 4 rings (SSSR count). The zero-order valence-corrected chi connectivity index (χ0v) is 14.1. The Morgan fingerprint density at radius 3 is 2.73 bits per heavy atom. The van der Waals surface area contributed by atoms with Gasteiger partial charge in [-0.1, -0.05) is 18.2 Å². The van der Waals surface area contributed by atoms with E-state index < -0.39 is 17.5 Å². The van der Waals surface area contributed by atoms with Crippen molar-refractivity contribution in [3.8, 4) is 11.8 Å². The molecule has 1 N–H and O–H groups in total. The average Bonchev–Trinajstić information content (AvgIpc) is 3.25. The van der Waals surface area contributed by atoms with Gasteiger partial charge in [-0.05, 0) is 29.8 Å². The van der Waals surface area contributed by atoms with Crippen molar-refractivity contribution in [3.63, 3.8) is 0 Å². The Labute approximate surface area is 149 Å². The maximum Gasteiger partial charge on any atom is 0.133 e. The number of hydrogen-bond donors (Lipinski definition) is 1. The predicted molar refractivity (Wildman–Crippen MR) is 92.1 cm³/mol. The van der Waals surface area contributed by atoms with Crippen LogP contribution in [-0.2, 0) is 5.60 Å². The van der Waals surface area contributed by atoms with Gasteiger partial charge >= 0.3 is 0 Å². The van der Waals surface area contributed by atoms with Crippen LogP contribution in [-0.4, -0.2) is 21.8 Å². The van der Waals surface area contributed by atoms with E-state index >= 15 is 0 Å². The van der Waals surface area contributed by atoms with Crippen LogP contribution in [0, 0.1) is 17.1 Å². The number of halogens is 1. The van der Waals surface area contributed by atoms with Gasteiger partial charge in [0.1, 0.15) is 17.2 Å². The van der Waals surface area contributed by atoms with E-state index in [9.17, 15) is 9.50 Å². The molecule has 3 aromatic rings. The number of nitrogens with zero attached hydrogens (tertiary/aromatic N) is 3. The van der Waals surface area contributed by atoms with Crippen molar-refractivity contribution in [2.75, 3.05) is 7.11 Å². The van der Waals surface area contributed by atoms with E-state index in [2.05, 4.69) is 4.98 Å². The number of rotatable bonds is 3. The van der Waals surface area contributed by atoms with Gasteiger partial charge in [-0.15, -0.1) is 0 Å². The first-order valence-corrected chi connectivity index (χ1v) is 8.15. The van der Waals surface area contributed by atoms with Crippen LogP contribution < -0.4 is 4.74 Å². The van der Waals surface area contributed by atoms with Gasteiger partial charge in [-0.3, -0.25) is 0 Å². The summed E-state index contributed by atoms with van der Waals surface area (Å²) in [5, 5.41) is 20.3. The molecular formula is C20H16FN3O2. The second kappa shape index (κ2) is 5.97. The Morgan fingerprint density at radius 2 is 2.08 bits per heavy atom. The first-order valence-electron chi connectivity index (χ1n) is 8.15. The summed E-state index contributed by atoms with van der Waals surface area (Å²) in [5.74, 6) is 0.228. The molecule has 6 heteroatoms. The molecule has 5 nitrogen and oxygen atoms in total. The van der Waals surface area contributed by atoms with Crippen LogP contribution in [0.1, 0.15) is 34.8 Å². The number of nitriles is 1. The van der Waals surface area contributed by atoms with Crippen molar-refractivity contribution in [2.24, 2.45) is 0 Å². The summed E-state index contributed by atoms with van der Waals surface area (Å²) in [6, 6.07) is 13.1. The Kier molecular flexibility index (Phi) is 3.74. The lowest BCUT2D eigenvalue weighted by Crippen LogP contribution is -2.24. The molecule has 0 unspecified atom stereocenters. The van der Waals surface area contributed by atoms with Crippen molar-refractivity contribution in [3.05, 3.63) is 83.2 Å². The van der Waals surface area contributed by atoms with Crippen LogP contribution in [0.15, 0.2) is 55.0 Å². The van der Waals surface area contributed by atoms with Gasteiger partial charge in [0, 0.05) is 12.0 Å².